The van der Waals surface area contributed by atoms with E-state index in [0.29, 0.717) is 12.1 Å². The van der Waals surface area contributed by atoms with Gasteiger partial charge in [-0.1, -0.05) is 18.2 Å². The number of aliphatic hydroxyl groups excluding tert-OH is 1. The molecule has 116 valence electrons. The SMILES string of the molecule is CSCc1ccc(C(=O)NCc2ccc(F)c(CO)c2)cc1. The van der Waals surface area contributed by atoms with Crippen molar-refractivity contribution in [2.45, 2.75) is 18.9 Å². The molecule has 2 rings (SSSR count). The van der Waals surface area contributed by atoms with Crippen molar-refractivity contribution in [2.75, 3.05) is 6.26 Å². The average molecular weight is 319 g/mol. The predicted molar refractivity (Wildman–Crippen MR) is 87.2 cm³/mol. The van der Waals surface area contributed by atoms with Crippen molar-refractivity contribution in [3.05, 3.63) is 70.5 Å². The van der Waals surface area contributed by atoms with E-state index in [9.17, 15) is 9.18 Å². The molecule has 0 atom stereocenters. The van der Waals surface area contributed by atoms with E-state index < -0.39 is 5.82 Å². The van der Waals surface area contributed by atoms with E-state index in [-0.39, 0.29) is 18.1 Å². The number of rotatable bonds is 6. The number of carbonyl (C=O) groups is 1. The van der Waals surface area contributed by atoms with Crippen LogP contribution in [0.25, 0.3) is 0 Å². The number of halogens is 1. The van der Waals surface area contributed by atoms with Crippen molar-refractivity contribution in [3.8, 4) is 0 Å². The van der Waals surface area contributed by atoms with Crippen LogP contribution in [0.2, 0.25) is 0 Å². The second-order valence-electron chi connectivity index (χ2n) is 4.90. The molecule has 0 unspecified atom stereocenters. The normalized spacial score (nSPS) is 10.5. The number of benzene rings is 2. The molecule has 0 fully saturated rings. The van der Waals surface area contributed by atoms with Gasteiger partial charge in [0, 0.05) is 23.4 Å². The van der Waals surface area contributed by atoms with Crippen LogP contribution < -0.4 is 5.32 Å². The minimum Gasteiger partial charge on any atom is -0.392 e. The first-order chi connectivity index (χ1) is 10.6. The fourth-order valence-electron chi connectivity index (χ4n) is 2.06. The molecule has 0 radical (unpaired) electrons. The summed E-state index contributed by atoms with van der Waals surface area (Å²) in [4.78, 5) is 12.1. The Morgan fingerprint density at radius 1 is 1.18 bits per heavy atom. The second kappa shape index (κ2) is 7.96. The lowest BCUT2D eigenvalue weighted by Crippen LogP contribution is -2.22. The summed E-state index contributed by atoms with van der Waals surface area (Å²) in [6.45, 7) is -0.0663. The number of aliphatic hydroxyl groups is 1. The topological polar surface area (TPSA) is 49.3 Å². The minimum atomic E-state index is -0.443. The van der Waals surface area contributed by atoms with Crippen molar-refractivity contribution in [2.24, 2.45) is 0 Å². The Balaban J connectivity index is 1.97. The van der Waals surface area contributed by atoms with E-state index >= 15 is 0 Å². The van der Waals surface area contributed by atoms with Crippen molar-refractivity contribution < 1.29 is 14.3 Å². The van der Waals surface area contributed by atoms with Crippen LogP contribution in [-0.2, 0) is 18.9 Å². The number of hydrogen-bond acceptors (Lipinski definition) is 3. The lowest BCUT2D eigenvalue weighted by Gasteiger charge is -2.08. The maximum Gasteiger partial charge on any atom is 0.251 e. The van der Waals surface area contributed by atoms with Gasteiger partial charge in [0.15, 0.2) is 0 Å². The Morgan fingerprint density at radius 3 is 2.50 bits per heavy atom. The number of nitrogens with one attached hydrogen (secondary N) is 1. The molecule has 0 bridgehead atoms. The molecule has 22 heavy (non-hydrogen) atoms. The highest BCUT2D eigenvalue weighted by atomic mass is 32.2. The van der Waals surface area contributed by atoms with Crippen LogP contribution in [0.4, 0.5) is 4.39 Å². The maximum atomic E-state index is 13.3. The van der Waals surface area contributed by atoms with Crippen LogP contribution in [0.1, 0.15) is 27.0 Å². The summed E-state index contributed by atoms with van der Waals surface area (Å²) in [6, 6.07) is 11.9. The van der Waals surface area contributed by atoms with Crippen molar-refractivity contribution in [1.82, 2.24) is 5.32 Å². The molecule has 2 N–H and O–H groups in total. The van der Waals surface area contributed by atoms with Gasteiger partial charge in [-0.2, -0.15) is 11.8 Å². The number of amides is 1. The van der Waals surface area contributed by atoms with Gasteiger partial charge in [-0.3, -0.25) is 4.79 Å². The van der Waals surface area contributed by atoms with Gasteiger partial charge in [0.2, 0.25) is 0 Å². The molecule has 1 amide bonds. The quantitative estimate of drug-likeness (QED) is 0.860. The zero-order valence-electron chi connectivity index (χ0n) is 12.3. The molecular weight excluding hydrogens is 301 g/mol. The molecule has 2 aromatic carbocycles. The molecule has 0 saturated carbocycles. The van der Waals surface area contributed by atoms with Crippen molar-refractivity contribution in [3.63, 3.8) is 0 Å². The van der Waals surface area contributed by atoms with E-state index in [1.54, 1.807) is 36.0 Å². The van der Waals surface area contributed by atoms with Crippen molar-refractivity contribution in [1.29, 1.82) is 0 Å². The molecule has 5 heteroatoms. The summed E-state index contributed by atoms with van der Waals surface area (Å²) in [6.07, 6.45) is 2.03. The third kappa shape index (κ3) is 4.32. The Morgan fingerprint density at radius 2 is 1.86 bits per heavy atom. The van der Waals surface area contributed by atoms with Crippen LogP contribution in [0.3, 0.4) is 0 Å². The van der Waals surface area contributed by atoms with E-state index in [4.69, 9.17) is 5.11 Å². The van der Waals surface area contributed by atoms with Gasteiger partial charge in [-0.05, 0) is 41.6 Å². The summed E-state index contributed by atoms with van der Waals surface area (Å²) in [5.41, 5.74) is 2.75. The zero-order chi connectivity index (χ0) is 15.9. The summed E-state index contributed by atoms with van der Waals surface area (Å²) < 4.78 is 13.3. The highest BCUT2D eigenvalue weighted by Gasteiger charge is 2.07. The van der Waals surface area contributed by atoms with Crippen LogP contribution in [0, 0.1) is 5.82 Å². The fourth-order valence-corrected chi connectivity index (χ4v) is 2.59. The monoisotopic (exact) mass is 319 g/mol. The first-order valence-corrected chi connectivity index (χ1v) is 8.27. The van der Waals surface area contributed by atoms with Crippen LogP contribution in [0.5, 0.6) is 0 Å². The van der Waals surface area contributed by atoms with Gasteiger partial charge < -0.3 is 10.4 Å². The standard InChI is InChI=1S/C17H18FNO2S/c1-22-11-12-2-5-14(6-3-12)17(21)19-9-13-4-7-16(18)15(8-13)10-20/h2-8,20H,9-11H2,1H3,(H,19,21). The first kappa shape index (κ1) is 16.5. The number of hydrogen-bond donors (Lipinski definition) is 2. The lowest BCUT2D eigenvalue weighted by atomic mass is 10.1. The predicted octanol–water partition coefficient (Wildman–Crippen LogP) is 3.11. The first-order valence-electron chi connectivity index (χ1n) is 6.88. The van der Waals surface area contributed by atoms with Gasteiger partial charge >= 0.3 is 0 Å². The Bertz CT molecular complexity index is 644. The molecule has 0 saturated heterocycles. The summed E-state index contributed by atoms with van der Waals surface area (Å²) in [5, 5.41) is 11.8. The average Bonchev–Trinajstić information content (AvgIpc) is 2.55. The molecule has 0 heterocycles. The van der Waals surface area contributed by atoms with Crippen LogP contribution in [-0.4, -0.2) is 17.3 Å². The lowest BCUT2D eigenvalue weighted by molar-refractivity contribution is 0.0951. The third-order valence-corrected chi connectivity index (χ3v) is 3.88. The van der Waals surface area contributed by atoms with Gasteiger partial charge in [0.05, 0.1) is 6.61 Å². The third-order valence-electron chi connectivity index (χ3n) is 3.26. The summed E-state index contributed by atoms with van der Waals surface area (Å²) in [5.74, 6) is 0.300. The van der Waals surface area contributed by atoms with Gasteiger partial charge in [-0.15, -0.1) is 0 Å². The van der Waals surface area contributed by atoms with Gasteiger partial charge in [0.1, 0.15) is 5.82 Å². The molecule has 0 aliphatic carbocycles. The van der Waals surface area contributed by atoms with Crippen molar-refractivity contribution >= 4 is 17.7 Å². The van der Waals surface area contributed by atoms with Crippen LogP contribution >= 0.6 is 11.8 Å². The highest BCUT2D eigenvalue weighted by Crippen LogP contribution is 2.12. The molecule has 2 aromatic rings. The van der Waals surface area contributed by atoms with E-state index in [1.807, 2.05) is 18.4 Å². The van der Waals surface area contributed by atoms with Gasteiger partial charge in [0.25, 0.3) is 5.91 Å². The highest BCUT2D eigenvalue weighted by molar-refractivity contribution is 7.97. The smallest absolute Gasteiger partial charge is 0.251 e. The second-order valence-corrected chi connectivity index (χ2v) is 5.76. The number of carbonyl (C=O) groups excluding carboxylic acids is 1. The molecular formula is C17H18FNO2S. The van der Waals surface area contributed by atoms with Crippen LogP contribution in [0.15, 0.2) is 42.5 Å². The summed E-state index contributed by atoms with van der Waals surface area (Å²) in [7, 11) is 0. The van der Waals surface area contributed by atoms with E-state index in [1.165, 1.54) is 11.6 Å². The Hall–Kier alpha value is -1.85. The minimum absolute atomic E-state index is 0.175. The molecule has 0 aliphatic rings. The zero-order valence-corrected chi connectivity index (χ0v) is 13.1. The molecule has 0 spiro atoms. The van der Waals surface area contributed by atoms with Gasteiger partial charge in [-0.25, -0.2) is 4.39 Å². The fraction of sp³-hybridized carbons (Fsp3) is 0.235. The molecule has 0 aromatic heterocycles. The largest absolute Gasteiger partial charge is 0.392 e. The number of thioether (sulfide) groups is 1. The molecule has 3 nitrogen and oxygen atoms in total. The Labute approximate surface area is 133 Å². The van der Waals surface area contributed by atoms with E-state index in [0.717, 1.165) is 11.3 Å². The maximum absolute atomic E-state index is 13.3. The Kier molecular flexibility index (Phi) is 5.98. The van der Waals surface area contributed by atoms with E-state index in [2.05, 4.69) is 5.32 Å². The molecule has 0 aliphatic heterocycles. The summed E-state index contributed by atoms with van der Waals surface area (Å²) >= 11 is 1.73.